The first kappa shape index (κ1) is 15.4. The lowest BCUT2D eigenvalue weighted by atomic mass is 10.1. The van der Waals surface area contributed by atoms with Crippen LogP contribution in [0.3, 0.4) is 0 Å². The number of hydrogen-bond acceptors (Lipinski definition) is 5. The molecule has 0 unspecified atom stereocenters. The molecule has 0 saturated carbocycles. The first-order valence-electron chi connectivity index (χ1n) is 5.83. The molecule has 0 spiro atoms. The Hall–Kier alpha value is -1.99. The molecule has 0 fully saturated rings. The summed E-state index contributed by atoms with van der Waals surface area (Å²) in [5.41, 5.74) is 0.623. The highest BCUT2D eigenvalue weighted by molar-refractivity contribution is 6.41. The molecule has 0 aliphatic carbocycles. The van der Waals surface area contributed by atoms with Gasteiger partial charge in [0, 0.05) is 11.8 Å². The molecule has 0 radical (unpaired) electrons. The Morgan fingerprint density at radius 2 is 2.00 bits per heavy atom. The number of nitrogens with zero attached hydrogens (tertiary/aromatic N) is 4. The van der Waals surface area contributed by atoms with Gasteiger partial charge >= 0.3 is 0 Å². The van der Waals surface area contributed by atoms with Gasteiger partial charge in [0.15, 0.2) is 0 Å². The van der Waals surface area contributed by atoms with Crippen molar-refractivity contribution in [1.29, 1.82) is 0 Å². The van der Waals surface area contributed by atoms with Gasteiger partial charge in [0.25, 0.3) is 11.2 Å². The second-order valence-electron chi connectivity index (χ2n) is 4.39. The third-order valence-corrected chi connectivity index (χ3v) is 3.75. The Morgan fingerprint density at radius 1 is 1.33 bits per heavy atom. The van der Waals surface area contributed by atoms with Gasteiger partial charge < -0.3 is 0 Å². The average Bonchev–Trinajstić information content (AvgIpc) is 2.42. The zero-order chi connectivity index (χ0) is 15.7. The van der Waals surface area contributed by atoms with Crippen molar-refractivity contribution in [1.82, 2.24) is 14.8 Å². The number of pyridine rings is 1. The van der Waals surface area contributed by atoms with E-state index in [1.165, 1.54) is 12.4 Å². The van der Waals surface area contributed by atoms with Gasteiger partial charge in [0.05, 0.1) is 33.9 Å². The molecule has 0 aromatic carbocycles. The normalized spacial score (nSPS) is 10.7. The molecule has 21 heavy (non-hydrogen) atoms. The van der Waals surface area contributed by atoms with Crippen LogP contribution in [0.2, 0.25) is 10.0 Å². The fourth-order valence-electron chi connectivity index (χ4n) is 1.90. The number of hydrogen-bond donors (Lipinski definition) is 0. The molecule has 0 saturated heterocycles. The zero-order valence-electron chi connectivity index (χ0n) is 11.1. The Kier molecular flexibility index (Phi) is 4.24. The Labute approximate surface area is 129 Å². The van der Waals surface area contributed by atoms with E-state index in [9.17, 15) is 14.9 Å². The highest BCUT2D eigenvalue weighted by atomic mass is 35.5. The number of halogens is 2. The number of nitro groups is 1. The molecule has 0 N–H and O–H groups in total. The number of rotatable bonds is 3. The Morgan fingerprint density at radius 3 is 2.62 bits per heavy atom. The molecule has 7 nitrogen and oxygen atoms in total. The van der Waals surface area contributed by atoms with Crippen LogP contribution in [0.25, 0.3) is 0 Å². The summed E-state index contributed by atoms with van der Waals surface area (Å²) < 4.78 is 1.06. The van der Waals surface area contributed by atoms with Crippen molar-refractivity contribution >= 4 is 28.9 Å². The molecular weight excluding hydrogens is 319 g/mol. The SMILES string of the molecule is Cc1cnc(Cn2ncc(Cl)c(Cl)c2=O)c(C)c1[N+](=O)[O-]. The average molecular weight is 329 g/mol. The standard InChI is InChI=1S/C12H10Cl2N4O3/c1-6-3-15-9(7(2)11(6)18(20)21)5-17-12(19)10(14)8(13)4-16-17/h3-4H,5H2,1-2H3. The Balaban J connectivity index is 2.51. The lowest BCUT2D eigenvalue weighted by molar-refractivity contribution is -0.386. The minimum Gasteiger partial charge on any atom is -0.266 e. The number of aromatic nitrogens is 3. The van der Waals surface area contributed by atoms with Crippen LogP contribution >= 0.6 is 23.2 Å². The molecule has 0 bridgehead atoms. The van der Waals surface area contributed by atoms with E-state index in [0.717, 1.165) is 4.68 Å². The van der Waals surface area contributed by atoms with Crippen molar-refractivity contribution in [3.05, 3.63) is 59.7 Å². The highest BCUT2D eigenvalue weighted by Crippen LogP contribution is 2.24. The van der Waals surface area contributed by atoms with Crippen LogP contribution < -0.4 is 5.56 Å². The molecule has 9 heteroatoms. The van der Waals surface area contributed by atoms with Crippen LogP contribution in [-0.2, 0) is 6.54 Å². The van der Waals surface area contributed by atoms with Gasteiger partial charge in [-0.05, 0) is 13.8 Å². The van der Waals surface area contributed by atoms with E-state index in [4.69, 9.17) is 23.2 Å². The summed E-state index contributed by atoms with van der Waals surface area (Å²) in [5.74, 6) is 0. The van der Waals surface area contributed by atoms with E-state index in [0.29, 0.717) is 16.8 Å². The van der Waals surface area contributed by atoms with E-state index in [2.05, 4.69) is 10.1 Å². The van der Waals surface area contributed by atoms with Crippen LogP contribution in [0.4, 0.5) is 5.69 Å². The van der Waals surface area contributed by atoms with Crippen molar-refractivity contribution < 1.29 is 4.92 Å². The second kappa shape index (κ2) is 5.79. The van der Waals surface area contributed by atoms with Gasteiger partial charge in [-0.3, -0.25) is 19.9 Å². The number of aryl methyl sites for hydroxylation is 1. The summed E-state index contributed by atoms with van der Waals surface area (Å²) in [4.78, 5) is 26.6. The van der Waals surface area contributed by atoms with Crippen molar-refractivity contribution in [2.75, 3.05) is 0 Å². The predicted molar refractivity (Wildman–Crippen MR) is 78.0 cm³/mol. The maximum atomic E-state index is 11.9. The van der Waals surface area contributed by atoms with Crippen molar-refractivity contribution in [3.8, 4) is 0 Å². The molecule has 2 aromatic heterocycles. The van der Waals surface area contributed by atoms with Crippen molar-refractivity contribution in [2.45, 2.75) is 20.4 Å². The molecule has 0 atom stereocenters. The molecular formula is C12H10Cl2N4O3. The van der Waals surface area contributed by atoms with E-state index >= 15 is 0 Å². The van der Waals surface area contributed by atoms with E-state index in [-0.39, 0.29) is 22.3 Å². The van der Waals surface area contributed by atoms with E-state index in [1.807, 2.05) is 0 Å². The molecule has 110 valence electrons. The summed E-state index contributed by atoms with van der Waals surface area (Å²) in [6, 6.07) is 0. The lowest BCUT2D eigenvalue weighted by Crippen LogP contribution is -2.24. The minimum atomic E-state index is -0.575. The van der Waals surface area contributed by atoms with E-state index in [1.54, 1.807) is 13.8 Å². The molecule has 2 aromatic rings. The first-order chi connectivity index (χ1) is 9.82. The molecule has 0 aliphatic heterocycles. The third-order valence-electron chi connectivity index (χ3n) is 3.00. The quantitative estimate of drug-likeness (QED) is 0.637. The predicted octanol–water partition coefficient (Wildman–Crippen LogP) is 2.52. The monoisotopic (exact) mass is 328 g/mol. The molecule has 0 aliphatic rings. The van der Waals surface area contributed by atoms with Gasteiger partial charge in [-0.2, -0.15) is 5.10 Å². The van der Waals surface area contributed by atoms with Crippen molar-refractivity contribution in [2.24, 2.45) is 0 Å². The summed E-state index contributed by atoms with van der Waals surface area (Å²) >= 11 is 11.5. The van der Waals surface area contributed by atoms with Crippen LogP contribution in [0.15, 0.2) is 17.2 Å². The lowest BCUT2D eigenvalue weighted by Gasteiger charge is -2.09. The summed E-state index contributed by atoms with van der Waals surface area (Å²) in [6.45, 7) is 3.16. The van der Waals surface area contributed by atoms with Crippen LogP contribution in [-0.4, -0.2) is 19.7 Å². The smallest absolute Gasteiger partial charge is 0.266 e. The second-order valence-corrected chi connectivity index (χ2v) is 5.17. The first-order valence-corrected chi connectivity index (χ1v) is 6.59. The summed E-state index contributed by atoms with van der Waals surface area (Å²) in [6.07, 6.45) is 2.63. The maximum absolute atomic E-state index is 11.9. The Bertz CT molecular complexity index is 789. The van der Waals surface area contributed by atoms with Crippen LogP contribution in [0.1, 0.15) is 16.8 Å². The van der Waals surface area contributed by atoms with Gasteiger partial charge in [0.1, 0.15) is 5.02 Å². The summed E-state index contributed by atoms with van der Waals surface area (Å²) in [7, 11) is 0. The maximum Gasteiger partial charge on any atom is 0.287 e. The van der Waals surface area contributed by atoms with Gasteiger partial charge in [-0.1, -0.05) is 23.2 Å². The van der Waals surface area contributed by atoms with Gasteiger partial charge in [-0.25, -0.2) is 4.68 Å². The van der Waals surface area contributed by atoms with Crippen LogP contribution in [0, 0.1) is 24.0 Å². The van der Waals surface area contributed by atoms with Gasteiger partial charge in [-0.15, -0.1) is 0 Å². The third kappa shape index (κ3) is 2.88. The topological polar surface area (TPSA) is 90.9 Å². The molecule has 2 heterocycles. The van der Waals surface area contributed by atoms with E-state index < -0.39 is 10.5 Å². The zero-order valence-corrected chi connectivity index (χ0v) is 12.6. The fraction of sp³-hybridized carbons (Fsp3) is 0.250. The van der Waals surface area contributed by atoms with Crippen molar-refractivity contribution in [3.63, 3.8) is 0 Å². The van der Waals surface area contributed by atoms with Crippen LogP contribution in [0.5, 0.6) is 0 Å². The molecule has 0 amide bonds. The minimum absolute atomic E-state index is 0.0203. The largest absolute Gasteiger partial charge is 0.287 e. The fourth-order valence-corrected chi connectivity index (χ4v) is 2.18. The summed E-state index contributed by atoms with van der Waals surface area (Å²) in [5, 5.41) is 14.8. The van der Waals surface area contributed by atoms with Gasteiger partial charge in [0.2, 0.25) is 0 Å². The molecule has 2 rings (SSSR count). The highest BCUT2D eigenvalue weighted by Gasteiger charge is 2.19.